The molecule has 8 heavy (non-hydrogen) atoms. The summed E-state index contributed by atoms with van der Waals surface area (Å²) < 4.78 is 0. The monoisotopic (exact) mass is 149 g/mol. The third-order valence-electron chi connectivity index (χ3n) is 0.625. The lowest BCUT2D eigenvalue weighted by molar-refractivity contribution is -0.00000139. The topological polar surface area (TPSA) is 12.9 Å². The van der Waals surface area contributed by atoms with Gasteiger partial charge in [-0.1, -0.05) is 11.6 Å². The second-order valence-electron chi connectivity index (χ2n) is 1.17. The van der Waals surface area contributed by atoms with Crippen LogP contribution in [-0.2, 0) is 0 Å². The van der Waals surface area contributed by atoms with E-state index in [9.17, 15) is 0 Å². The van der Waals surface area contributed by atoms with Gasteiger partial charge < -0.3 is 12.4 Å². The molecule has 0 N–H and O–H groups in total. The molecule has 0 aliphatic carbocycles. The van der Waals surface area contributed by atoms with Crippen LogP contribution in [0.25, 0.3) is 0 Å². The van der Waals surface area contributed by atoms with Crippen molar-refractivity contribution in [2.24, 2.45) is 0 Å². The molecule has 0 saturated carbocycles. The maximum Gasteiger partial charge on any atom is 1.00 e. The zero-order valence-corrected chi connectivity index (χ0v) is 5.52. The van der Waals surface area contributed by atoms with Gasteiger partial charge >= 0.3 is 1.43 Å². The van der Waals surface area contributed by atoms with E-state index in [1.807, 2.05) is 0 Å². The lowest BCUT2D eigenvalue weighted by Crippen LogP contribution is -3.00. The summed E-state index contributed by atoms with van der Waals surface area (Å²) in [6.07, 6.45) is 3.29. The van der Waals surface area contributed by atoms with Crippen molar-refractivity contribution in [3.63, 3.8) is 0 Å². The average Bonchev–Trinajstić information content (AvgIpc) is 1.69. The van der Waals surface area contributed by atoms with Gasteiger partial charge in [0.1, 0.15) is 0 Å². The molecule has 1 nitrogen and oxygen atoms in total. The van der Waals surface area contributed by atoms with Gasteiger partial charge in [0.15, 0.2) is 0 Å². The minimum Gasteiger partial charge on any atom is -1.00 e. The Morgan fingerprint density at radius 1 is 1.62 bits per heavy atom. The molecule has 3 heteroatoms. The number of rotatable bonds is 0. The van der Waals surface area contributed by atoms with E-state index in [4.69, 9.17) is 11.6 Å². The van der Waals surface area contributed by atoms with Crippen LogP contribution in [0.1, 0.15) is 1.43 Å². The lowest BCUT2D eigenvalue weighted by atomic mass is 10.5. The SMILES string of the molecule is Clc1cccnc1.[Cl-].[H+]. The summed E-state index contributed by atoms with van der Waals surface area (Å²) in [6, 6.07) is 3.58. The first-order valence-corrected chi connectivity index (χ1v) is 2.33. The van der Waals surface area contributed by atoms with E-state index < -0.39 is 0 Å². The predicted molar refractivity (Wildman–Crippen MR) is 30.4 cm³/mol. The molecule has 0 spiro atoms. The Bertz CT molecular complexity index is 145. The first-order chi connectivity index (χ1) is 3.39. The molecule has 0 aliphatic rings. The van der Waals surface area contributed by atoms with Gasteiger partial charge in [0.2, 0.25) is 0 Å². The number of hydrogen-bond acceptors (Lipinski definition) is 1. The third kappa shape index (κ3) is 2.15. The van der Waals surface area contributed by atoms with Gasteiger partial charge in [0.05, 0.1) is 5.02 Å². The Morgan fingerprint density at radius 2 is 2.38 bits per heavy atom. The van der Waals surface area contributed by atoms with E-state index in [0.717, 1.165) is 0 Å². The van der Waals surface area contributed by atoms with Crippen molar-refractivity contribution < 1.29 is 13.8 Å². The van der Waals surface area contributed by atoms with Crippen LogP contribution in [0.5, 0.6) is 0 Å². The van der Waals surface area contributed by atoms with Gasteiger partial charge in [0, 0.05) is 12.4 Å². The number of halogens is 2. The van der Waals surface area contributed by atoms with E-state index in [2.05, 4.69) is 4.98 Å². The highest BCUT2D eigenvalue weighted by molar-refractivity contribution is 6.30. The number of aromatic nitrogens is 1. The number of hydrogen-bond donors (Lipinski definition) is 0. The molecule has 44 valence electrons. The molecule has 0 amide bonds. The van der Waals surface area contributed by atoms with E-state index in [1.54, 1.807) is 24.5 Å². The van der Waals surface area contributed by atoms with Crippen molar-refractivity contribution in [1.29, 1.82) is 0 Å². The van der Waals surface area contributed by atoms with Gasteiger partial charge in [-0.15, -0.1) is 0 Å². The molecule has 1 rings (SSSR count). The predicted octanol–water partition coefficient (Wildman–Crippen LogP) is -1.15. The quantitative estimate of drug-likeness (QED) is 0.455. The minimum atomic E-state index is 0. The molecule has 0 aliphatic heterocycles. The molecular weight excluding hydrogens is 145 g/mol. The van der Waals surface area contributed by atoms with E-state index in [1.165, 1.54) is 0 Å². The van der Waals surface area contributed by atoms with E-state index in [0.29, 0.717) is 5.02 Å². The molecule has 0 radical (unpaired) electrons. The Hall–Kier alpha value is -0.270. The van der Waals surface area contributed by atoms with Crippen LogP contribution in [0.3, 0.4) is 0 Å². The van der Waals surface area contributed by atoms with Crippen molar-refractivity contribution in [3.8, 4) is 0 Å². The fraction of sp³-hybridized carbons (Fsp3) is 0. The summed E-state index contributed by atoms with van der Waals surface area (Å²) >= 11 is 5.48. The van der Waals surface area contributed by atoms with Gasteiger partial charge in [-0.3, -0.25) is 4.98 Å². The van der Waals surface area contributed by atoms with E-state index in [-0.39, 0.29) is 13.8 Å². The molecular formula is C5H5Cl2N. The fourth-order valence-corrected chi connectivity index (χ4v) is 0.471. The van der Waals surface area contributed by atoms with Gasteiger partial charge in [-0.25, -0.2) is 0 Å². The Labute approximate surface area is 60.6 Å². The molecule has 0 bridgehead atoms. The van der Waals surface area contributed by atoms with Crippen molar-refractivity contribution in [2.75, 3.05) is 0 Å². The summed E-state index contributed by atoms with van der Waals surface area (Å²) in [6.45, 7) is 0. The molecule has 0 aromatic carbocycles. The Kier molecular flexibility index (Phi) is 3.57. The molecule has 0 saturated heterocycles. The Balaban J connectivity index is 0. The van der Waals surface area contributed by atoms with Gasteiger partial charge in [-0.05, 0) is 12.1 Å². The summed E-state index contributed by atoms with van der Waals surface area (Å²) in [4.78, 5) is 3.75. The standard InChI is InChI=1S/C5H4ClN.ClH/c6-5-2-1-3-7-4-5;/h1-4H;1H. The van der Waals surface area contributed by atoms with Gasteiger partial charge in [-0.2, -0.15) is 0 Å². The highest BCUT2D eigenvalue weighted by Crippen LogP contribution is 2.00. The fourth-order valence-electron chi connectivity index (χ4n) is 0.342. The largest absolute Gasteiger partial charge is 1.00 e. The molecule has 0 fully saturated rings. The Morgan fingerprint density at radius 3 is 2.62 bits per heavy atom. The van der Waals surface area contributed by atoms with Crippen LogP contribution < -0.4 is 12.4 Å². The zero-order valence-electron chi connectivity index (χ0n) is 5.01. The van der Waals surface area contributed by atoms with Crippen molar-refractivity contribution >= 4 is 11.6 Å². The van der Waals surface area contributed by atoms with Crippen LogP contribution in [0.4, 0.5) is 0 Å². The first-order valence-electron chi connectivity index (χ1n) is 1.95. The summed E-state index contributed by atoms with van der Waals surface area (Å²) in [5.41, 5.74) is 0. The molecule has 1 aromatic rings. The van der Waals surface area contributed by atoms with Crippen molar-refractivity contribution in [1.82, 2.24) is 4.98 Å². The van der Waals surface area contributed by atoms with Crippen LogP contribution in [-0.4, -0.2) is 4.98 Å². The van der Waals surface area contributed by atoms with Crippen LogP contribution >= 0.6 is 11.6 Å². The summed E-state index contributed by atoms with van der Waals surface area (Å²) in [5.74, 6) is 0. The zero-order chi connectivity index (χ0) is 5.11. The molecule has 0 unspecified atom stereocenters. The summed E-state index contributed by atoms with van der Waals surface area (Å²) in [5, 5.41) is 0.683. The maximum atomic E-state index is 5.48. The highest BCUT2D eigenvalue weighted by atomic mass is 35.5. The van der Waals surface area contributed by atoms with Crippen LogP contribution in [0.15, 0.2) is 24.5 Å². The van der Waals surface area contributed by atoms with E-state index >= 15 is 0 Å². The minimum absolute atomic E-state index is 0. The second kappa shape index (κ2) is 3.70. The number of pyridine rings is 1. The van der Waals surface area contributed by atoms with Gasteiger partial charge in [0.25, 0.3) is 0 Å². The smallest absolute Gasteiger partial charge is 1.00 e. The lowest BCUT2D eigenvalue weighted by Gasteiger charge is -1.79. The van der Waals surface area contributed by atoms with Crippen molar-refractivity contribution in [3.05, 3.63) is 29.5 Å². The number of nitrogens with zero attached hydrogens (tertiary/aromatic N) is 1. The van der Waals surface area contributed by atoms with Crippen LogP contribution in [0, 0.1) is 0 Å². The highest BCUT2D eigenvalue weighted by Gasteiger charge is 1.76. The average molecular weight is 150 g/mol. The molecule has 1 heterocycles. The molecule has 0 atom stereocenters. The summed E-state index contributed by atoms with van der Waals surface area (Å²) in [7, 11) is 0. The molecule has 1 aromatic heterocycles. The van der Waals surface area contributed by atoms with Crippen molar-refractivity contribution in [2.45, 2.75) is 0 Å². The third-order valence-corrected chi connectivity index (χ3v) is 0.849. The first kappa shape index (κ1) is 7.73. The normalized spacial score (nSPS) is 7.62. The van der Waals surface area contributed by atoms with Crippen LogP contribution in [0.2, 0.25) is 5.02 Å². The second-order valence-corrected chi connectivity index (χ2v) is 1.61. The maximum absolute atomic E-state index is 5.48.